The maximum absolute atomic E-state index is 9.30. The maximum atomic E-state index is 9.30. The van der Waals surface area contributed by atoms with E-state index in [-0.39, 0.29) is 5.75 Å². The molecule has 1 nitrogen and oxygen atoms in total. The van der Waals surface area contributed by atoms with Gasteiger partial charge in [0.05, 0.1) is 8.95 Å². The van der Waals surface area contributed by atoms with E-state index in [1.165, 1.54) is 0 Å². The zero-order valence-corrected chi connectivity index (χ0v) is 8.81. The summed E-state index contributed by atoms with van der Waals surface area (Å²) in [6.45, 7) is 3.62. The standard InChI is InChI=1S/C8H6Br2O/c1-2-5-3-6(9)8(11)7(10)4-5/h2-4,11H,1H2. The van der Waals surface area contributed by atoms with Crippen molar-refractivity contribution in [1.82, 2.24) is 0 Å². The zero-order chi connectivity index (χ0) is 8.43. The number of benzene rings is 1. The molecule has 0 aliphatic heterocycles. The Balaban J connectivity index is 3.31. The number of rotatable bonds is 1. The molecule has 0 bridgehead atoms. The molecule has 0 aliphatic rings. The van der Waals surface area contributed by atoms with Crippen LogP contribution in [0.5, 0.6) is 5.75 Å². The molecule has 1 aromatic carbocycles. The number of aromatic hydroxyl groups is 1. The Labute approximate surface area is 82.0 Å². The molecule has 1 rings (SSSR count). The molecule has 0 atom stereocenters. The minimum atomic E-state index is 0.218. The van der Waals surface area contributed by atoms with E-state index in [4.69, 9.17) is 0 Å². The number of hydrogen-bond donors (Lipinski definition) is 1. The second kappa shape index (κ2) is 3.41. The monoisotopic (exact) mass is 276 g/mol. The average Bonchev–Trinajstić information content (AvgIpc) is 1.99. The number of phenolic OH excluding ortho intramolecular Hbond substituents is 1. The molecule has 0 aromatic heterocycles. The number of phenols is 1. The number of halogens is 2. The Morgan fingerprint density at radius 2 is 1.73 bits per heavy atom. The van der Waals surface area contributed by atoms with Crippen molar-refractivity contribution in [2.45, 2.75) is 0 Å². The molecule has 0 fully saturated rings. The Kier molecular flexibility index (Phi) is 2.73. The van der Waals surface area contributed by atoms with Crippen LogP contribution in [0.1, 0.15) is 5.56 Å². The highest BCUT2D eigenvalue weighted by Gasteiger charge is 2.02. The summed E-state index contributed by atoms with van der Waals surface area (Å²) >= 11 is 6.42. The first kappa shape index (κ1) is 8.81. The van der Waals surface area contributed by atoms with E-state index in [0.717, 1.165) is 5.56 Å². The first-order valence-corrected chi connectivity index (χ1v) is 4.54. The Hall–Kier alpha value is -0.280. The highest BCUT2D eigenvalue weighted by Crippen LogP contribution is 2.33. The summed E-state index contributed by atoms with van der Waals surface area (Å²) in [4.78, 5) is 0. The summed E-state index contributed by atoms with van der Waals surface area (Å²) < 4.78 is 1.34. The molecule has 11 heavy (non-hydrogen) atoms. The molecule has 0 spiro atoms. The lowest BCUT2D eigenvalue weighted by Gasteiger charge is -2.01. The van der Waals surface area contributed by atoms with E-state index in [2.05, 4.69) is 38.4 Å². The van der Waals surface area contributed by atoms with E-state index < -0.39 is 0 Å². The van der Waals surface area contributed by atoms with Crippen LogP contribution in [0.4, 0.5) is 0 Å². The van der Waals surface area contributed by atoms with Gasteiger partial charge >= 0.3 is 0 Å². The van der Waals surface area contributed by atoms with Gasteiger partial charge in [0.25, 0.3) is 0 Å². The molecule has 0 unspecified atom stereocenters. The molecule has 0 heterocycles. The summed E-state index contributed by atoms with van der Waals surface area (Å²) in [6, 6.07) is 3.60. The zero-order valence-electron chi connectivity index (χ0n) is 5.64. The second-order valence-electron chi connectivity index (χ2n) is 2.04. The van der Waals surface area contributed by atoms with Crippen molar-refractivity contribution < 1.29 is 5.11 Å². The van der Waals surface area contributed by atoms with Gasteiger partial charge in [-0.05, 0) is 49.6 Å². The van der Waals surface area contributed by atoms with Gasteiger partial charge < -0.3 is 5.11 Å². The fourth-order valence-corrected chi connectivity index (χ4v) is 1.92. The smallest absolute Gasteiger partial charge is 0.143 e. The van der Waals surface area contributed by atoms with Crippen LogP contribution in [0, 0.1) is 0 Å². The normalized spacial score (nSPS) is 9.64. The fraction of sp³-hybridized carbons (Fsp3) is 0. The van der Waals surface area contributed by atoms with Crippen LogP contribution in [-0.4, -0.2) is 5.11 Å². The third kappa shape index (κ3) is 1.84. The van der Waals surface area contributed by atoms with Gasteiger partial charge in [0.1, 0.15) is 5.75 Å². The molecular formula is C8H6Br2O. The lowest BCUT2D eigenvalue weighted by atomic mass is 10.2. The van der Waals surface area contributed by atoms with Gasteiger partial charge in [0.2, 0.25) is 0 Å². The van der Waals surface area contributed by atoms with Gasteiger partial charge in [-0.25, -0.2) is 0 Å². The first-order chi connectivity index (χ1) is 5.15. The van der Waals surface area contributed by atoms with Crippen molar-refractivity contribution in [3.63, 3.8) is 0 Å². The Morgan fingerprint density at radius 3 is 2.09 bits per heavy atom. The first-order valence-electron chi connectivity index (χ1n) is 2.95. The van der Waals surface area contributed by atoms with Crippen LogP contribution in [0.15, 0.2) is 27.7 Å². The largest absolute Gasteiger partial charge is 0.506 e. The van der Waals surface area contributed by atoms with Crippen LogP contribution in [-0.2, 0) is 0 Å². The van der Waals surface area contributed by atoms with Gasteiger partial charge in [-0.15, -0.1) is 0 Å². The molecule has 0 radical (unpaired) electrons. The van der Waals surface area contributed by atoms with Gasteiger partial charge in [0, 0.05) is 0 Å². The molecule has 1 N–H and O–H groups in total. The van der Waals surface area contributed by atoms with Crippen molar-refractivity contribution in [1.29, 1.82) is 0 Å². The highest BCUT2D eigenvalue weighted by atomic mass is 79.9. The highest BCUT2D eigenvalue weighted by molar-refractivity contribution is 9.11. The quantitative estimate of drug-likeness (QED) is 0.832. The van der Waals surface area contributed by atoms with Crippen LogP contribution in [0.2, 0.25) is 0 Å². The van der Waals surface area contributed by atoms with E-state index in [9.17, 15) is 5.11 Å². The molecule has 0 amide bonds. The number of hydrogen-bond acceptors (Lipinski definition) is 1. The van der Waals surface area contributed by atoms with Crippen molar-refractivity contribution in [2.24, 2.45) is 0 Å². The second-order valence-corrected chi connectivity index (χ2v) is 3.75. The fourth-order valence-electron chi connectivity index (χ4n) is 0.703. The molecule has 58 valence electrons. The SMILES string of the molecule is C=Cc1cc(Br)c(O)c(Br)c1. The molecule has 3 heteroatoms. The van der Waals surface area contributed by atoms with Crippen molar-refractivity contribution in [2.75, 3.05) is 0 Å². The van der Waals surface area contributed by atoms with Crippen molar-refractivity contribution in [3.8, 4) is 5.75 Å². The van der Waals surface area contributed by atoms with E-state index in [1.807, 2.05) is 0 Å². The van der Waals surface area contributed by atoms with Crippen molar-refractivity contribution >= 4 is 37.9 Å². The van der Waals surface area contributed by atoms with Gasteiger partial charge in [-0.3, -0.25) is 0 Å². The maximum Gasteiger partial charge on any atom is 0.143 e. The van der Waals surface area contributed by atoms with E-state index >= 15 is 0 Å². The van der Waals surface area contributed by atoms with Gasteiger partial charge in [0.15, 0.2) is 0 Å². The van der Waals surface area contributed by atoms with Crippen LogP contribution in [0.25, 0.3) is 6.08 Å². The molecule has 0 saturated heterocycles. The van der Waals surface area contributed by atoms with Crippen LogP contribution < -0.4 is 0 Å². The van der Waals surface area contributed by atoms with Gasteiger partial charge in [-0.1, -0.05) is 12.7 Å². The molecule has 0 aliphatic carbocycles. The minimum absolute atomic E-state index is 0.218. The summed E-state index contributed by atoms with van der Waals surface area (Å²) in [7, 11) is 0. The summed E-state index contributed by atoms with van der Waals surface area (Å²) in [6.07, 6.45) is 1.72. The molecular weight excluding hydrogens is 272 g/mol. The lowest BCUT2D eigenvalue weighted by molar-refractivity contribution is 0.468. The van der Waals surface area contributed by atoms with Crippen LogP contribution >= 0.6 is 31.9 Å². The van der Waals surface area contributed by atoms with Crippen LogP contribution in [0.3, 0.4) is 0 Å². The third-order valence-corrected chi connectivity index (χ3v) is 2.48. The van der Waals surface area contributed by atoms with E-state index in [1.54, 1.807) is 18.2 Å². The van der Waals surface area contributed by atoms with E-state index in [0.29, 0.717) is 8.95 Å². The molecule has 0 saturated carbocycles. The summed E-state index contributed by atoms with van der Waals surface area (Å²) in [5.41, 5.74) is 0.960. The van der Waals surface area contributed by atoms with Gasteiger partial charge in [-0.2, -0.15) is 0 Å². The minimum Gasteiger partial charge on any atom is -0.506 e. The average molecular weight is 278 g/mol. The Morgan fingerprint density at radius 1 is 1.27 bits per heavy atom. The predicted octanol–water partition coefficient (Wildman–Crippen LogP) is 3.56. The van der Waals surface area contributed by atoms with Crippen molar-refractivity contribution in [3.05, 3.63) is 33.2 Å². The molecule has 1 aromatic rings. The third-order valence-electron chi connectivity index (χ3n) is 1.27. The topological polar surface area (TPSA) is 20.2 Å². The summed E-state index contributed by atoms with van der Waals surface area (Å²) in [5.74, 6) is 0.218. The Bertz CT molecular complexity index is 271. The lowest BCUT2D eigenvalue weighted by Crippen LogP contribution is -1.75. The summed E-state index contributed by atoms with van der Waals surface area (Å²) in [5, 5.41) is 9.30. The predicted molar refractivity (Wildman–Crippen MR) is 53.6 cm³/mol.